The number of hydrogen-bond donors (Lipinski definition) is 0. The third kappa shape index (κ3) is 8.12. The summed E-state index contributed by atoms with van der Waals surface area (Å²) in [6.07, 6.45) is 2.65. The summed E-state index contributed by atoms with van der Waals surface area (Å²) in [6, 6.07) is 14.7. The van der Waals surface area contributed by atoms with Gasteiger partial charge in [-0.2, -0.15) is 0 Å². The molecule has 0 saturated carbocycles. The number of likely N-dealkylation sites (N-methyl/N-ethyl adjacent to an activating group) is 1. The van der Waals surface area contributed by atoms with Gasteiger partial charge in [0.25, 0.3) is 0 Å². The number of fused-ring (bicyclic) bond motifs is 1. The summed E-state index contributed by atoms with van der Waals surface area (Å²) in [5, 5.41) is 1.31. The van der Waals surface area contributed by atoms with Crippen LogP contribution < -0.4 is 4.74 Å². The molecule has 1 unspecified atom stereocenters. The monoisotopic (exact) mass is 665 g/mol. The molecule has 0 amide bonds. The Morgan fingerprint density at radius 1 is 1.00 bits per heavy atom. The molecule has 3 aromatic carbocycles. The molecular weight excluding hydrogens is 630 g/mol. The van der Waals surface area contributed by atoms with Gasteiger partial charge >= 0.3 is 0 Å². The molecule has 0 spiro atoms. The molecule has 1 aliphatic rings. The zero-order chi connectivity index (χ0) is 30.5. The van der Waals surface area contributed by atoms with Crippen LogP contribution in [0, 0.1) is 24.4 Å². The summed E-state index contributed by atoms with van der Waals surface area (Å²) in [6.45, 7) is 3.82. The van der Waals surface area contributed by atoms with Crippen LogP contribution in [-0.2, 0) is 16.9 Å². The van der Waals surface area contributed by atoms with Crippen LogP contribution in [0.2, 0.25) is 5.02 Å². The fourth-order valence-electron chi connectivity index (χ4n) is 5.26. The van der Waals surface area contributed by atoms with Gasteiger partial charge in [0, 0.05) is 46.6 Å². The predicted molar refractivity (Wildman–Crippen MR) is 173 cm³/mol. The predicted octanol–water partition coefficient (Wildman–Crippen LogP) is 8.39. The first-order valence-electron chi connectivity index (χ1n) is 14.3. The molecule has 0 fully saturated rings. The van der Waals surface area contributed by atoms with E-state index in [4.69, 9.17) is 26.1 Å². The van der Waals surface area contributed by atoms with Crippen molar-refractivity contribution in [1.29, 1.82) is 0 Å². The van der Waals surface area contributed by atoms with Crippen molar-refractivity contribution in [2.45, 2.75) is 43.0 Å². The maximum Gasteiger partial charge on any atom is 0.173 e. The second kappa shape index (κ2) is 15.5. The van der Waals surface area contributed by atoms with Gasteiger partial charge in [-0.1, -0.05) is 35.5 Å². The van der Waals surface area contributed by atoms with E-state index in [0.717, 1.165) is 54.0 Å². The maximum absolute atomic E-state index is 15.1. The van der Waals surface area contributed by atoms with Gasteiger partial charge in [-0.25, -0.2) is 18.2 Å². The number of halogens is 5. The van der Waals surface area contributed by atoms with Crippen LogP contribution in [0.15, 0.2) is 59.8 Å². The van der Waals surface area contributed by atoms with E-state index in [2.05, 4.69) is 6.07 Å². The zero-order valence-electron chi connectivity index (χ0n) is 24.9. The molecule has 1 atom stereocenters. The second-order valence-corrected chi connectivity index (χ2v) is 12.3. The Morgan fingerprint density at radius 2 is 1.73 bits per heavy atom. The van der Waals surface area contributed by atoms with Crippen molar-refractivity contribution in [2.24, 2.45) is 0 Å². The van der Waals surface area contributed by atoms with E-state index in [1.54, 1.807) is 12.1 Å². The highest BCUT2D eigenvalue weighted by Gasteiger charge is 2.30. The number of imidazole rings is 1. The average molecular weight is 667 g/mol. The molecule has 1 aromatic heterocycles. The van der Waals surface area contributed by atoms with Crippen LogP contribution in [0.25, 0.3) is 5.69 Å². The molecule has 0 radical (unpaired) electrons. The lowest BCUT2D eigenvalue weighted by atomic mass is 9.83. The van der Waals surface area contributed by atoms with Gasteiger partial charge in [-0.3, -0.25) is 4.57 Å². The van der Waals surface area contributed by atoms with Crippen molar-refractivity contribution >= 4 is 35.8 Å². The molecular formula is C33H36Cl2F3N3O2S. The first-order valence-corrected chi connectivity index (χ1v) is 15.7. The normalized spacial score (nSPS) is 14.4. The Morgan fingerprint density at radius 3 is 2.41 bits per heavy atom. The molecule has 0 bridgehead atoms. The fraction of sp³-hybridized carbons (Fsp3) is 0.364. The van der Waals surface area contributed by atoms with Crippen LogP contribution in [0.3, 0.4) is 0 Å². The van der Waals surface area contributed by atoms with Gasteiger partial charge in [0.05, 0.1) is 24.6 Å². The Kier molecular flexibility index (Phi) is 12.1. The van der Waals surface area contributed by atoms with Crippen molar-refractivity contribution in [3.63, 3.8) is 0 Å². The van der Waals surface area contributed by atoms with E-state index in [-0.39, 0.29) is 47.8 Å². The van der Waals surface area contributed by atoms with E-state index >= 15 is 8.78 Å². The minimum absolute atomic E-state index is 0. The zero-order valence-corrected chi connectivity index (χ0v) is 27.3. The second-order valence-electron chi connectivity index (χ2n) is 10.9. The highest BCUT2D eigenvalue weighted by molar-refractivity contribution is 7.98. The molecule has 236 valence electrons. The summed E-state index contributed by atoms with van der Waals surface area (Å²) in [4.78, 5) is 6.96. The third-order valence-corrected chi connectivity index (χ3v) is 8.89. The Hall–Kier alpha value is -2.69. The highest BCUT2D eigenvalue weighted by atomic mass is 35.5. The van der Waals surface area contributed by atoms with Crippen molar-refractivity contribution in [2.75, 3.05) is 40.5 Å². The van der Waals surface area contributed by atoms with Gasteiger partial charge in [-0.15, -0.1) is 12.4 Å². The standard InChI is InChI=1S/C33H35ClF3N3O2S.ClH/c1-21-17-22(7-12-28(21)34)26-5-4-6-31-32(26)40(24-10-8-23(35)9-11-24)33(38-31)43-20-27-29(36)18-25(19-30(27)37)42-16-15-41-14-13-39(2)3;/h7-12,17-19,26H,4-6,13-16,20H2,1-3H3;1H. The van der Waals surface area contributed by atoms with Crippen molar-refractivity contribution in [1.82, 2.24) is 14.5 Å². The molecule has 0 aliphatic heterocycles. The van der Waals surface area contributed by atoms with Crippen LogP contribution >= 0.6 is 35.8 Å². The van der Waals surface area contributed by atoms with Crippen LogP contribution in [0.1, 0.15) is 46.8 Å². The van der Waals surface area contributed by atoms with E-state index in [9.17, 15) is 4.39 Å². The number of benzene rings is 3. The Labute approximate surface area is 272 Å². The molecule has 0 N–H and O–H groups in total. The van der Waals surface area contributed by atoms with Gasteiger partial charge in [-0.05, 0) is 81.7 Å². The van der Waals surface area contributed by atoms with Crippen LogP contribution in [-0.4, -0.2) is 54.9 Å². The summed E-state index contributed by atoms with van der Waals surface area (Å²) in [5.41, 5.74) is 4.75. The van der Waals surface area contributed by atoms with Crippen molar-refractivity contribution < 1.29 is 22.6 Å². The highest BCUT2D eigenvalue weighted by Crippen LogP contribution is 2.42. The van der Waals surface area contributed by atoms with Crippen molar-refractivity contribution in [3.8, 4) is 11.4 Å². The van der Waals surface area contributed by atoms with Gasteiger partial charge in [0.2, 0.25) is 0 Å². The SMILES string of the molecule is Cc1cc(C2CCCc3nc(SCc4c(F)cc(OCCOCCN(C)C)cc4F)n(-c4ccc(F)cc4)c32)ccc1Cl.Cl. The van der Waals surface area contributed by atoms with Gasteiger partial charge in [0.15, 0.2) is 5.16 Å². The number of aryl methyl sites for hydroxylation is 2. The van der Waals surface area contributed by atoms with Gasteiger partial charge in [0.1, 0.15) is 29.8 Å². The fourth-order valence-corrected chi connectivity index (χ4v) is 6.43. The topological polar surface area (TPSA) is 39.5 Å². The number of thioether (sulfide) groups is 1. The first-order chi connectivity index (χ1) is 20.7. The van der Waals surface area contributed by atoms with Crippen LogP contribution in [0.4, 0.5) is 13.2 Å². The molecule has 11 heteroatoms. The third-order valence-electron chi connectivity index (χ3n) is 7.50. The molecule has 1 heterocycles. The molecule has 44 heavy (non-hydrogen) atoms. The lowest BCUT2D eigenvalue weighted by Gasteiger charge is -2.25. The molecule has 1 aliphatic carbocycles. The number of hydrogen-bond acceptors (Lipinski definition) is 5. The molecule has 4 aromatic rings. The quantitative estimate of drug-likeness (QED) is 0.112. The summed E-state index contributed by atoms with van der Waals surface area (Å²) in [7, 11) is 3.91. The summed E-state index contributed by atoms with van der Waals surface area (Å²) < 4.78 is 57.2. The largest absolute Gasteiger partial charge is 0.491 e. The Bertz CT molecular complexity index is 1540. The smallest absolute Gasteiger partial charge is 0.173 e. The molecule has 5 rings (SSSR count). The van der Waals surface area contributed by atoms with E-state index < -0.39 is 11.6 Å². The minimum atomic E-state index is -0.685. The van der Waals surface area contributed by atoms with Crippen molar-refractivity contribution in [3.05, 3.63) is 105 Å². The first kappa shape index (κ1) is 34.2. The minimum Gasteiger partial charge on any atom is -0.491 e. The molecule has 0 saturated heterocycles. The number of rotatable bonds is 12. The van der Waals surface area contributed by atoms with Crippen LogP contribution in [0.5, 0.6) is 5.75 Å². The lowest BCUT2D eigenvalue weighted by molar-refractivity contribution is 0.0888. The van der Waals surface area contributed by atoms with E-state index in [1.807, 2.05) is 42.6 Å². The number of nitrogens with zero attached hydrogens (tertiary/aromatic N) is 3. The number of ether oxygens (including phenoxy) is 2. The Balaban J connectivity index is 0.00000442. The van der Waals surface area contributed by atoms with E-state index in [1.165, 1.54) is 36.0 Å². The average Bonchev–Trinajstić information content (AvgIpc) is 3.35. The maximum atomic E-state index is 15.1. The summed E-state index contributed by atoms with van der Waals surface area (Å²) >= 11 is 7.57. The van der Waals surface area contributed by atoms with Gasteiger partial charge < -0.3 is 14.4 Å². The molecule has 5 nitrogen and oxygen atoms in total. The lowest BCUT2D eigenvalue weighted by Crippen LogP contribution is -2.19. The number of aromatic nitrogens is 2. The van der Waals surface area contributed by atoms with E-state index in [0.29, 0.717) is 23.4 Å². The summed E-state index contributed by atoms with van der Waals surface area (Å²) in [5.74, 6) is -1.53.